The minimum absolute atomic E-state index is 0.0736. The van der Waals surface area contributed by atoms with Crippen LogP contribution in [0.1, 0.15) is 22.8 Å². The van der Waals surface area contributed by atoms with Crippen LogP contribution in [-0.2, 0) is 0 Å². The lowest BCUT2D eigenvalue weighted by Gasteiger charge is -2.11. The van der Waals surface area contributed by atoms with Gasteiger partial charge in [0.2, 0.25) is 0 Å². The topological polar surface area (TPSA) is 81.5 Å². The molecule has 2 aromatic rings. The van der Waals surface area contributed by atoms with E-state index in [0.29, 0.717) is 23.6 Å². The number of rotatable bonds is 5. The summed E-state index contributed by atoms with van der Waals surface area (Å²) in [6.07, 6.45) is 0. The molecular formula is C16H14Cl2N2O4. The highest BCUT2D eigenvalue weighted by atomic mass is 35.5. The Morgan fingerprint density at radius 1 is 1.25 bits per heavy atom. The third-order valence-electron chi connectivity index (χ3n) is 3.21. The van der Waals surface area contributed by atoms with Gasteiger partial charge in [-0.1, -0.05) is 29.3 Å². The molecule has 0 unspecified atom stereocenters. The first-order valence-corrected chi connectivity index (χ1v) is 7.77. The second-order valence-corrected chi connectivity index (χ2v) is 5.73. The molecular weight excluding hydrogens is 355 g/mol. The Kier molecular flexibility index (Phi) is 5.64. The van der Waals surface area contributed by atoms with Crippen LogP contribution >= 0.6 is 23.2 Å². The van der Waals surface area contributed by atoms with Crippen LogP contribution in [0.4, 0.5) is 11.4 Å². The summed E-state index contributed by atoms with van der Waals surface area (Å²) >= 11 is 12.1. The Bertz CT molecular complexity index is 786. The van der Waals surface area contributed by atoms with Gasteiger partial charge in [-0.2, -0.15) is 0 Å². The van der Waals surface area contributed by atoms with Gasteiger partial charge in [0.05, 0.1) is 21.6 Å². The number of halogens is 2. The molecule has 0 spiro atoms. The zero-order valence-corrected chi connectivity index (χ0v) is 14.4. The van der Waals surface area contributed by atoms with E-state index in [1.54, 1.807) is 26.0 Å². The summed E-state index contributed by atoms with van der Waals surface area (Å²) in [5.74, 6) is -0.177. The van der Waals surface area contributed by atoms with Gasteiger partial charge in [-0.3, -0.25) is 14.9 Å². The van der Waals surface area contributed by atoms with E-state index in [2.05, 4.69) is 5.32 Å². The van der Waals surface area contributed by atoms with Crippen LogP contribution in [0.25, 0.3) is 0 Å². The van der Waals surface area contributed by atoms with E-state index in [-0.39, 0.29) is 21.3 Å². The molecule has 0 aliphatic carbocycles. The van der Waals surface area contributed by atoms with Crippen molar-refractivity contribution < 1.29 is 14.5 Å². The van der Waals surface area contributed by atoms with Crippen LogP contribution in [0.5, 0.6) is 5.75 Å². The number of aryl methyl sites for hydroxylation is 1. The van der Waals surface area contributed by atoms with Crippen LogP contribution in [-0.4, -0.2) is 17.4 Å². The molecule has 0 radical (unpaired) electrons. The molecule has 0 aromatic heterocycles. The molecule has 0 atom stereocenters. The van der Waals surface area contributed by atoms with Gasteiger partial charge in [-0.15, -0.1) is 0 Å². The molecule has 0 saturated carbocycles. The largest absolute Gasteiger partial charge is 0.491 e. The first-order chi connectivity index (χ1) is 11.3. The number of amides is 1. The lowest BCUT2D eigenvalue weighted by atomic mass is 10.1. The predicted octanol–water partition coefficient (Wildman–Crippen LogP) is 4.86. The minimum atomic E-state index is -0.504. The molecule has 0 heterocycles. The summed E-state index contributed by atoms with van der Waals surface area (Å²) in [5, 5.41) is 14.0. The molecule has 0 fully saturated rings. The maximum Gasteiger partial charge on any atom is 0.274 e. The van der Waals surface area contributed by atoms with Gasteiger partial charge in [0.1, 0.15) is 0 Å². The number of carbonyl (C=O) groups excluding carboxylic acids is 1. The van der Waals surface area contributed by atoms with Crippen LogP contribution < -0.4 is 10.1 Å². The Balaban J connectivity index is 2.27. The maximum atomic E-state index is 12.3. The fraction of sp³-hybridized carbons (Fsp3) is 0.188. The molecule has 24 heavy (non-hydrogen) atoms. The van der Waals surface area contributed by atoms with E-state index in [1.807, 2.05) is 0 Å². The molecule has 8 heteroatoms. The van der Waals surface area contributed by atoms with Crippen molar-refractivity contribution in [2.45, 2.75) is 13.8 Å². The van der Waals surface area contributed by atoms with E-state index < -0.39 is 10.8 Å². The van der Waals surface area contributed by atoms with Gasteiger partial charge in [-0.05, 0) is 32.0 Å². The van der Waals surface area contributed by atoms with Gasteiger partial charge in [0.25, 0.3) is 11.6 Å². The first-order valence-electron chi connectivity index (χ1n) is 7.01. The number of nitro groups is 1. The molecule has 1 N–H and O–H groups in total. The minimum Gasteiger partial charge on any atom is -0.491 e. The summed E-state index contributed by atoms with van der Waals surface area (Å²) in [6, 6.07) is 7.29. The average molecular weight is 369 g/mol. The second-order valence-electron chi connectivity index (χ2n) is 4.91. The van der Waals surface area contributed by atoms with Gasteiger partial charge in [0.15, 0.2) is 5.75 Å². The molecule has 0 aliphatic rings. The Labute approximate surface area is 148 Å². The van der Waals surface area contributed by atoms with Crippen LogP contribution in [0.2, 0.25) is 10.0 Å². The van der Waals surface area contributed by atoms with Crippen molar-refractivity contribution in [1.82, 2.24) is 0 Å². The third-order valence-corrected chi connectivity index (χ3v) is 3.77. The van der Waals surface area contributed by atoms with Crippen LogP contribution in [0.15, 0.2) is 30.3 Å². The van der Waals surface area contributed by atoms with Crippen LogP contribution in [0, 0.1) is 17.0 Å². The number of ether oxygens (including phenoxy) is 1. The van der Waals surface area contributed by atoms with E-state index in [1.165, 1.54) is 18.2 Å². The predicted molar refractivity (Wildman–Crippen MR) is 93.4 cm³/mol. The third kappa shape index (κ3) is 3.96. The van der Waals surface area contributed by atoms with Crippen molar-refractivity contribution >= 4 is 40.5 Å². The Hall–Kier alpha value is -2.31. The van der Waals surface area contributed by atoms with Gasteiger partial charge in [0, 0.05) is 22.9 Å². The zero-order chi connectivity index (χ0) is 17.9. The number of hydrogen-bond acceptors (Lipinski definition) is 4. The molecule has 0 aliphatic heterocycles. The fourth-order valence-corrected chi connectivity index (χ4v) is 2.66. The van der Waals surface area contributed by atoms with Crippen molar-refractivity contribution in [3.8, 4) is 5.75 Å². The van der Waals surface area contributed by atoms with Gasteiger partial charge >= 0.3 is 0 Å². The summed E-state index contributed by atoms with van der Waals surface area (Å²) in [4.78, 5) is 22.8. The summed E-state index contributed by atoms with van der Waals surface area (Å²) in [5.41, 5.74) is 0.954. The highest BCUT2D eigenvalue weighted by molar-refractivity contribution is 6.37. The molecule has 1 amide bonds. The molecule has 126 valence electrons. The number of carbonyl (C=O) groups is 1. The number of nitrogens with zero attached hydrogens (tertiary/aromatic N) is 1. The summed E-state index contributed by atoms with van der Waals surface area (Å²) in [7, 11) is 0. The van der Waals surface area contributed by atoms with Crippen molar-refractivity contribution in [3.05, 3.63) is 61.6 Å². The van der Waals surface area contributed by atoms with Crippen LogP contribution in [0.3, 0.4) is 0 Å². The second kappa shape index (κ2) is 7.51. The fourth-order valence-electron chi connectivity index (χ4n) is 2.06. The normalized spacial score (nSPS) is 10.3. The molecule has 2 aromatic carbocycles. The molecule has 0 saturated heterocycles. The molecule has 2 rings (SSSR count). The Morgan fingerprint density at radius 2 is 1.88 bits per heavy atom. The van der Waals surface area contributed by atoms with Gasteiger partial charge < -0.3 is 10.1 Å². The zero-order valence-electron chi connectivity index (χ0n) is 12.9. The van der Waals surface area contributed by atoms with Crippen molar-refractivity contribution in [2.24, 2.45) is 0 Å². The first kappa shape index (κ1) is 18.0. The monoisotopic (exact) mass is 368 g/mol. The number of anilines is 1. The van der Waals surface area contributed by atoms with Crippen molar-refractivity contribution in [1.29, 1.82) is 0 Å². The molecule has 6 nitrogen and oxygen atoms in total. The highest BCUT2D eigenvalue weighted by Gasteiger charge is 2.16. The maximum absolute atomic E-state index is 12.3. The highest BCUT2D eigenvalue weighted by Crippen LogP contribution is 2.34. The number of hydrogen-bond donors (Lipinski definition) is 1. The number of benzene rings is 2. The van der Waals surface area contributed by atoms with E-state index in [9.17, 15) is 14.9 Å². The quantitative estimate of drug-likeness (QED) is 0.603. The SMILES string of the molecule is CCOc1c(Cl)cc(C(=O)Nc2ccc(C)c([N+](=O)[O-])c2)cc1Cl. The van der Waals surface area contributed by atoms with Crippen molar-refractivity contribution in [2.75, 3.05) is 11.9 Å². The smallest absolute Gasteiger partial charge is 0.274 e. The summed E-state index contributed by atoms with van der Waals surface area (Å²) in [6.45, 7) is 3.80. The van der Waals surface area contributed by atoms with Crippen molar-refractivity contribution in [3.63, 3.8) is 0 Å². The van der Waals surface area contributed by atoms with E-state index in [4.69, 9.17) is 27.9 Å². The number of nitrogens with one attached hydrogen (secondary N) is 1. The number of nitro benzene ring substituents is 1. The standard InChI is InChI=1S/C16H14Cl2N2O4/c1-3-24-15-12(17)6-10(7-13(15)18)16(21)19-11-5-4-9(2)14(8-11)20(22)23/h4-8H,3H2,1-2H3,(H,19,21). The lowest BCUT2D eigenvalue weighted by Crippen LogP contribution is -2.12. The Morgan fingerprint density at radius 3 is 2.42 bits per heavy atom. The van der Waals surface area contributed by atoms with E-state index >= 15 is 0 Å². The summed E-state index contributed by atoms with van der Waals surface area (Å²) < 4.78 is 5.31. The van der Waals surface area contributed by atoms with E-state index in [0.717, 1.165) is 0 Å². The lowest BCUT2D eigenvalue weighted by molar-refractivity contribution is -0.385. The van der Waals surface area contributed by atoms with Gasteiger partial charge in [-0.25, -0.2) is 0 Å². The average Bonchev–Trinajstić information content (AvgIpc) is 2.52. The molecule has 0 bridgehead atoms.